The van der Waals surface area contributed by atoms with Crippen molar-refractivity contribution in [1.82, 2.24) is 9.55 Å². The SMILES string of the molecule is C#Cc1cn([C@H]2C[C@H](OP(=O)(O)C(C)(C)C)[C@@H](COC(C)(C)C)O2)c(=O)nc1N. The lowest BCUT2D eigenvalue weighted by molar-refractivity contribution is -0.0976. The Labute approximate surface area is 171 Å². The van der Waals surface area contributed by atoms with Gasteiger partial charge in [0, 0.05) is 12.6 Å². The molecule has 1 fully saturated rings. The molecule has 3 N–H and O–H groups in total. The summed E-state index contributed by atoms with van der Waals surface area (Å²) >= 11 is 0. The Balaban J connectivity index is 2.34. The van der Waals surface area contributed by atoms with E-state index in [-0.39, 0.29) is 24.4 Å². The van der Waals surface area contributed by atoms with Crippen molar-refractivity contribution in [2.45, 2.75) is 77.2 Å². The van der Waals surface area contributed by atoms with Gasteiger partial charge in [0.15, 0.2) is 0 Å². The second kappa shape index (κ2) is 8.21. The van der Waals surface area contributed by atoms with Crippen LogP contribution in [0.3, 0.4) is 0 Å². The third-order valence-electron chi connectivity index (χ3n) is 4.43. The lowest BCUT2D eigenvalue weighted by Gasteiger charge is -2.30. The predicted octanol–water partition coefficient (Wildman–Crippen LogP) is 2.28. The number of terminal acetylenes is 1. The Kier molecular flexibility index (Phi) is 6.68. The Morgan fingerprint density at radius 2 is 2.03 bits per heavy atom. The van der Waals surface area contributed by atoms with E-state index in [2.05, 4.69) is 10.9 Å². The van der Waals surface area contributed by atoms with Gasteiger partial charge < -0.3 is 24.6 Å². The number of rotatable bonds is 5. The summed E-state index contributed by atoms with van der Waals surface area (Å²) in [5.74, 6) is 2.33. The van der Waals surface area contributed by atoms with E-state index >= 15 is 0 Å². The molecule has 0 bridgehead atoms. The highest BCUT2D eigenvalue weighted by Crippen LogP contribution is 2.57. The fourth-order valence-electron chi connectivity index (χ4n) is 2.60. The molecule has 2 rings (SSSR count). The van der Waals surface area contributed by atoms with Gasteiger partial charge in [-0.25, -0.2) is 4.79 Å². The van der Waals surface area contributed by atoms with Crippen LogP contribution in [0.25, 0.3) is 0 Å². The van der Waals surface area contributed by atoms with Gasteiger partial charge in [-0.1, -0.05) is 5.92 Å². The van der Waals surface area contributed by atoms with Gasteiger partial charge >= 0.3 is 13.3 Å². The van der Waals surface area contributed by atoms with E-state index in [0.717, 1.165) is 0 Å². The zero-order valence-corrected chi connectivity index (χ0v) is 18.6. The highest BCUT2D eigenvalue weighted by atomic mass is 31.2. The lowest BCUT2D eigenvalue weighted by Crippen LogP contribution is -2.34. The molecule has 162 valence electrons. The summed E-state index contributed by atoms with van der Waals surface area (Å²) in [7, 11) is -3.97. The number of ether oxygens (including phenoxy) is 2. The quantitative estimate of drug-likeness (QED) is 0.541. The summed E-state index contributed by atoms with van der Waals surface area (Å²) in [6, 6.07) is 0. The van der Waals surface area contributed by atoms with Crippen LogP contribution in [-0.4, -0.2) is 44.0 Å². The van der Waals surface area contributed by atoms with Crippen LogP contribution in [0.2, 0.25) is 0 Å². The number of nitrogens with two attached hydrogens (primary N) is 1. The van der Waals surface area contributed by atoms with E-state index in [1.807, 2.05) is 20.8 Å². The molecule has 9 nitrogen and oxygen atoms in total. The largest absolute Gasteiger partial charge is 0.382 e. The Bertz CT molecular complexity index is 893. The molecule has 1 aliphatic heterocycles. The molecule has 1 aromatic heterocycles. The molecule has 0 aromatic carbocycles. The zero-order chi connectivity index (χ0) is 22.2. The van der Waals surface area contributed by atoms with E-state index in [1.54, 1.807) is 20.8 Å². The first kappa shape index (κ1) is 23.6. The number of nitrogen functional groups attached to an aromatic ring is 1. The Hall–Kier alpha value is -1.69. The molecule has 4 atom stereocenters. The Morgan fingerprint density at radius 1 is 1.41 bits per heavy atom. The topological polar surface area (TPSA) is 126 Å². The van der Waals surface area contributed by atoms with Gasteiger partial charge in [0.05, 0.1) is 29.0 Å². The fourth-order valence-corrected chi connectivity index (χ4v) is 3.51. The van der Waals surface area contributed by atoms with Crippen LogP contribution >= 0.6 is 7.60 Å². The molecule has 2 heterocycles. The molecule has 0 saturated carbocycles. The van der Waals surface area contributed by atoms with E-state index in [1.165, 1.54) is 10.8 Å². The number of anilines is 1. The fraction of sp³-hybridized carbons (Fsp3) is 0.684. The maximum absolute atomic E-state index is 12.7. The van der Waals surface area contributed by atoms with Gasteiger partial charge in [0.2, 0.25) is 0 Å². The van der Waals surface area contributed by atoms with Gasteiger partial charge in [-0.3, -0.25) is 9.13 Å². The van der Waals surface area contributed by atoms with Crippen molar-refractivity contribution >= 4 is 13.4 Å². The van der Waals surface area contributed by atoms with Gasteiger partial charge in [0.1, 0.15) is 18.1 Å². The van der Waals surface area contributed by atoms with Crippen LogP contribution in [0.4, 0.5) is 5.82 Å². The van der Waals surface area contributed by atoms with Crippen LogP contribution in [0.15, 0.2) is 11.0 Å². The van der Waals surface area contributed by atoms with Crippen molar-refractivity contribution in [2.24, 2.45) is 0 Å². The van der Waals surface area contributed by atoms with Gasteiger partial charge in [-0.05, 0) is 41.5 Å². The predicted molar refractivity (Wildman–Crippen MR) is 110 cm³/mol. The molecule has 1 aromatic rings. The third kappa shape index (κ3) is 5.68. The number of hydrogen-bond donors (Lipinski definition) is 2. The van der Waals surface area contributed by atoms with Gasteiger partial charge in [-0.2, -0.15) is 4.98 Å². The molecule has 1 aliphatic rings. The van der Waals surface area contributed by atoms with Crippen molar-refractivity contribution in [3.8, 4) is 12.3 Å². The maximum atomic E-state index is 12.7. The lowest BCUT2D eigenvalue weighted by atomic mass is 10.1. The third-order valence-corrected chi connectivity index (χ3v) is 6.69. The Morgan fingerprint density at radius 3 is 2.55 bits per heavy atom. The molecule has 29 heavy (non-hydrogen) atoms. The van der Waals surface area contributed by atoms with E-state index in [0.29, 0.717) is 0 Å². The first-order valence-corrected chi connectivity index (χ1v) is 10.9. The van der Waals surface area contributed by atoms with Crippen molar-refractivity contribution in [3.63, 3.8) is 0 Å². The molecule has 0 radical (unpaired) electrons. The minimum Gasteiger partial charge on any atom is -0.382 e. The summed E-state index contributed by atoms with van der Waals surface area (Å²) < 4.78 is 31.3. The average molecular weight is 427 g/mol. The maximum Gasteiger partial charge on any atom is 0.351 e. The highest BCUT2D eigenvalue weighted by molar-refractivity contribution is 7.54. The standard InChI is InChI=1S/C19H30N3O6P/c1-8-12-10-22(17(23)21-16(12)20)15-9-13(28-29(24,25)19(5,6)7)14(27-15)11-26-18(2,3)4/h1,10,13-15H,9,11H2,2-7H3,(H,24,25)(H2,20,21,23)/t13-,14+,15+/m0/s1. The molecule has 0 spiro atoms. The van der Waals surface area contributed by atoms with E-state index in [4.69, 9.17) is 26.2 Å². The van der Waals surface area contributed by atoms with Crippen LogP contribution in [0.1, 0.15) is 59.8 Å². The van der Waals surface area contributed by atoms with Crippen molar-refractivity contribution in [3.05, 3.63) is 22.2 Å². The minimum atomic E-state index is -3.97. The molecule has 1 saturated heterocycles. The first-order chi connectivity index (χ1) is 13.1. The molecule has 0 aliphatic carbocycles. The highest BCUT2D eigenvalue weighted by Gasteiger charge is 2.45. The summed E-state index contributed by atoms with van der Waals surface area (Å²) in [5.41, 5.74) is 4.83. The molecular formula is C19H30N3O6P. The average Bonchev–Trinajstić information content (AvgIpc) is 2.93. The molecule has 1 unspecified atom stereocenters. The number of hydrogen-bond acceptors (Lipinski definition) is 7. The van der Waals surface area contributed by atoms with Crippen molar-refractivity contribution in [1.29, 1.82) is 0 Å². The summed E-state index contributed by atoms with van der Waals surface area (Å²) in [6.07, 6.45) is 4.72. The van der Waals surface area contributed by atoms with Crippen molar-refractivity contribution in [2.75, 3.05) is 12.3 Å². The minimum absolute atomic E-state index is 0.0419. The van der Waals surface area contributed by atoms with Crippen LogP contribution in [0, 0.1) is 12.3 Å². The number of nitrogens with zero attached hydrogens (tertiary/aromatic N) is 2. The van der Waals surface area contributed by atoms with E-state index in [9.17, 15) is 14.3 Å². The number of aromatic nitrogens is 2. The molecule has 0 amide bonds. The van der Waals surface area contributed by atoms with Gasteiger partial charge in [0.25, 0.3) is 0 Å². The zero-order valence-electron chi connectivity index (χ0n) is 17.7. The summed E-state index contributed by atoms with van der Waals surface area (Å²) in [5, 5.41) is -0.975. The van der Waals surface area contributed by atoms with Crippen LogP contribution < -0.4 is 11.4 Å². The smallest absolute Gasteiger partial charge is 0.351 e. The van der Waals surface area contributed by atoms with Gasteiger partial charge in [-0.15, -0.1) is 6.42 Å². The summed E-state index contributed by atoms with van der Waals surface area (Å²) in [6.45, 7) is 10.6. The second-order valence-corrected chi connectivity index (χ2v) is 11.6. The summed E-state index contributed by atoms with van der Waals surface area (Å²) in [4.78, 5) is 26.4. The molecular weight excluding hydrogens is 397 g/mol. The van der Waals surface area contributed by atoms with Crippen LogP contribution in [-0.2, 0) is 18.6 Å². The monoisotopic (exact) mass is 427 g/mol. The first-order valence-electron chi connectivity index (χ1n) is 9.30. The van der Waals surface area contributed by atoms with E-state index < -0.39 is 42.5 Å². The molecule has 10 heteroatoms. The second-order valence-electron chi connectivity index (χ2n) is 9.00. The normalized spacial score (nSPS) is 24.8. The van der Waals surface area contributed by atoms with Crippen LogP contribution in [0.5, 0.6) is 0 Å². The van der Waals surface area contributed by atoms with Crippen molar-refractivity contribution < 1.29 is 23.5 Å².